The van der Waals surface area contributed by atoms with E-state index in [0.29, 0.717) is 13.1 Å². The monoisotopic (exact) mass is 379 g/mol. The van der Waals surface area contributed by atoms with Gasteiger partial charge in [-0.15, -0.1) is 0 Å². The Bertz CT molecular complexity index is 986. The van der Waals surface area contributed by atoms with Crippen LogP contribution in [0.2, 0.25) is 0 Å². The maximum Gasteiger partial charge on any atom is 0.247 e. The van der Waals surface area contributed by atoms with Gasteiger partial charge < -0.3 is 9.80 Å². The molecule has 0 spiro atoms. The molecule has 1 aliphatic heterocycles. The summed E-state index contributed by atoms with van der Waals surface area (Å²) in [4.78, 5) is 21.8. The lowest BCUT2D eigenvalue weighted by Crippen LogP contribution is -2.50. The highest BCUT2D eigenvalue weighted by atomic mass is 16.2. The third-order valence-electron chi connectivity index (χ3n) is 5.97. The number of carbonyl (C=O) groups excluding carboxylic acids is 1. The van der Waals surface area contributed by atoms with Crippen molar-refractivity contribution in [2.75, 3.05) is 31.1 Å². The lowest BCUT2D eigenvalue weighted by Gasteiger charge is -2.36. The zero-order valence-corrected chi connectivity index (χ0v) is 16.2. The zero-order valence-electron chi connectivity index (χ0n) is 16.2. The Morgan fingerprint density at radius 2 is 1.89 bits per heavy atom. The Labute approximate surface area is 163 Å². The van der Waals surface area contributed by atoms with Gasteiger partial charge in [-0.25, -0.2) is 9.50 Å². The molecule has 4 heterocycles. The first-order chi connectivity index (χ1) is 13.7. The number of rotatable bonds is 3. The van der Waals surface area contributed by atoms with Gasteiger partial charge in [-0.1, -0.05) is 0 Å². The summed E-state index contributed by atoms with van der Waals surface area (Å²) < 4.78 is 3.71. The molecule has 1 amide bonds. The lowest BCUT2D eigenvalue weighted by molar-refractivity contribution is -0.134. The van der Waals surface area contributed by atoms with Crippen molar-refractivity contribution in [1.29, 1.82) is 0 Å². The van der Waals surface area contributed by atoms with E-state index < -0.39 is 0 Å². The summed E-state index contributed by atoms with van der Waals surface area (Å²) in [5.41, 5.74) is 3.74. The Kier molecular flexibility index (Phi) is 4.26. The van der Waals surface area contributed by atoms with Crippen molar-refractivity contribution in [3.8, 4) is 0 Å². The highest BCUT2D eigenvalue weighted by molar-refractivity contribution is 5.80. The largest absolute Gasteiger partial charge is 0.351 e. The molecule has 1 saturated heterocycles. The van der Waals surface area contributed by atoms with E-state index in [9.17, 15) is 4.79 Å². The second-order valence-electron chi connectivity index (χ2n) is 7.65. The van der Waals surface area contributed by atoms with Gasteiger partial charge in [0.15, 0.2) is 5.82 Å². The average Bonchev–Trinajstić information content (AvgIpc) is 3.40. The van der Waals surface area contributed by atoms with Crippen LogP contribution in [-0.2, 0) is 17.6 Å². The predicted molar refractivity (Wildman–Crippen MR) is 105 cm³/mol. The minimum atomic E-state index is -0.273. The van der Waals surface area contributed by atoms with E-state index in [1.54, 1.807) is 10.9 Å². The number of fused-ring (bicyclic) bond motifs is 3. The summed E-state index contributed by atoms with van der Waals surface area (Å²) in [5, 5.41) is 8.98. The summed E-state index contributed by atoms with van der Waals surface area (Å²) in [7, 11) is 0. The highest BCUT2D eigenvalue weighted by Gasteiger charge is 2.28. The van der Waals surface area contributed by atoms with Gasteiger partial charge in [0.25, 0.3) is 0 Å². The van der Waals surface area contributed by atoms with E-state index in [1.807, 2.05) is 41.0 Å². The number of piperazine rings is 1. The van der Waals surface area contributed by atoms with Crippen molar-refractivity contribution < 1.29 is 4.79 Å². The molecule has 3 aromatic rings. The number of amides is 1. The third kappa shape index (κ3) is 2.83. The summed E-state index contributed by atoms with van der Waals surface area (Å²) in [6.45, 7) is 4.87. The van der Waals surface area contributed by atoms with Gasteiger partial charge in [-0.2, -0.15) is 10.2 Å². The molecule has 0 radical (unpaired) electrons. The van der Waals surface area contributed by atoms with Gasteiger partial charge in [-0.3, -0.25) is 9.48 Å². The van der Waals surface area contributed by atoms with Crippen LogP contribution >= 0.6 is 0 Å². The molecule has 8 heteroatoms. The second kappa shape index (κ2) is 6.92. The van der Waals surface area contributed by atoms with Gasteiger partial charge in [0.1, 0.15) is 11.6 Å². The van der Waals surface area contributed by atoms with Crippen LogP contribution in [0.4, 0.5) is 5.82 Å². The minimum absolute atomic E-state index is 0.122. The van der Waals surface area contributed by atoms with Gasteiger partial charge in [0.2, 0.25) is 5.91 Å². The first-order valence-electron chi connectivity index (χ1n) is 10.1. The maximum atomic E-state index is 12.8. The number of hydrogen-bond acceptors (Lipinski definition) is 5. The summed E-state index contributed by atoms with van der Waals surface area (Å²) in [6.07, 6.45) is 11.9. The Morgan fingerprint density at radius 3 is 2.68 bits per heavy atom. The Hall–Kier alpha value is -2.90. The smallest absolute Gasteiger partial charge is 0.247 e. The van der Waals surface area contributed by atoms with Crippen LogP contribution < -0.4 is 4.90 Å². The fourth-order valence-corrected chi connectivity index (χ4v) is 4.40. The van der Waals surface area contributed by atoms with Crippen LogP contribution in [-0.4, -0.2) is 61.4 Å². The van der Waals surface area contributed by atoms with Crippen molar-refractivity contribution in [3.05, 3.63) is 42.1 Å². The highest BCUT2D eigenvalue weighted by Crippen LogP contribution is 2.30. The lowest BCUT2D eigenvalue weighted by atomic mass is 9.97. The molecule has 1 aliphatic carbocycles. The molecule has 5 rings (SSSR count). The Balaban J connectivity index is 1.35. The molecule has 146 valence electrons. The molecule has 0 unspecified atom stereocenters. The molecule has 28 heavy (non-hydrogen) atoms. The number of anilines is 1. The van der Waals surface area contributed by atoms with E-state index in [-0.39, 0.29) is 11.9 Å². The fraction of sp³-hybridized carbons (Fsp3) is 0.500. The van der Waals surface area contributed by atoms with Crippen LogP contribution in [0.1, 0.15) is 37.1 Å². The standard InChI is InChI=1S/C20H25N7O/c1-15(26-9-4-7-22-26)20(28)25-13-11-24(12-14-25)19-18-16-5-2-3-6-17(16)23-27(18)10-8-21-19/h4,7-10,15H,2-3,5-6,11-14H2,1H3/t15-/m0/s1. The van der Waals surface area contributed by atoms with E-state index in [4.69, 9.17) is 10.1 Å². The maximum absolute atomic E-state index is 12.8. The van der Waals surface area contributed by atoms with Crippen LogP contribution in [0.25, 0.3) is 5.52 Å². The fourth-order valence-electron chi connectivity index (χ4n) is 4.40. The van der Waals surface area contributed by atoms with E-state index in [0.717, 1.165) is 37.3 Å². The molecule has 2 aliphatic rings. The molecule has 8 nitrogen and oxygen atoms in total. The van der Waals surface area contributed by atoms with Crippen molar-refractivity contribution in [1.82, 2.24) is 29.3 Å². The van der Waals surface area contributed by atoms with Gasteiger partial charge >= 0.3 is 0 Å². The van der Waals surface area contributed by atoms with Gasteiger partial charge in [0.05, 0.1) is 5.69 Å². The van der Waals surface area contributed by atoms with Crippen molar-refractivity contribution in [2.24, 2.45) is 0 Å². The second-order valence-corrected chi connectivity index (χ2v) is 7.65. The van der Waals surface area contributed by atoms with Crippen LogP contribution in [0.5, 0.6) is 0 Å². The SMILES string of the molecule is C[C@@H](C(=O)N1CCN(c2nccn3nc4c(c23)CCCC4)CC1)n1cccn1. The molecule has 1 fully saturated rings. The van der Waals surface area contributed by atoms with Crippen LogP contribution in [0.15, 0.2) is 30.9 Å². The molecule has 0 N–H and O–H groups in total. The van der Waals surface area contributed by atoms with E-state index >= 15 is 0 Å². The normalized spacial score (nSPS) is 18.3. The molecule has 3 aromatic heterocycles. The molecule has 0 saturated carbocycles. The summed E-state index contributed by atoms with van der Waals surface area (Å²) in [6, 6.07) is 1.57. The zero-order chi connectivity index (χ0) is 19.1. The average molecular weight is 379 g/mol. The van der Waals surface area contributed by atoms with E-state index in [2.05, 4.69) is 10.00 Å². The number of aromatic nitrogens is 5. The number of carbonyl (C=O) groups is 1. The van der Waals surface area contributed by atoms with Crippen molar-refractivity contribution >= 4 is 17.2 Å². The molecular weight excluding hydrogens is 354 g/mol. The van der Waals surface area contributed by atoms with E-state index in [1.165, 1.54) is 24.1 Å². The first kappa shape index (κ1) is 17.2. The van der Waals surface area contributed by atoms with Crippen molar-refractivity contribution in [3.63, 3.8) is 0 Å². The Morgan fingerprint density at radius 1 is 1.07 bits per heavy atom. The van der Waals surface area contributed by atoms with Crippen LogP contribution in [0, 0.1) is 0 Å². The molecule has 0 aromatic carbocycles. The predicted octanol–water partition coefficient (Wildman–Crippen LogP) is 1.71. The minimum Gasteiger partial charge on any atom is -0.351 e. The molecule has 0 bridgehead atoms. The number of hydrogen-bond donors (Lipinski definition) is 0. The first-order valence-corrected chi connectivity index (χ1v) is 10.1. The number of aryl methyl sites for hydroxylation is 2. The van der Waals surface area contributed by atoms with Gasteiger partial charge in [0, 0.05) is 56.5 Å². The van der Waals surface area contributed by atoms with Gasteiger partial charge in [-0.05, 0) is 38.7 Å². The molecular formula is C20H25N7O. The topological polar surface area (TPSA) is 71.6 Å². The quantitative estimate of drug-likeness (QED) is 0.693. The number of nitrogens with zero attached hydrogens (tertiary/aromatic N) is 7. The summed E-state index contributed by atoms with van der Waals surface area (Å²) in [5.74, 6) is 1.13. The van der Waals surface area contributed by atoms with Crippen LogP contribution in [0.3, 0.4) is 0 Å². The van der Waals surface area contributed by atoms with Crippen molar-refractivity contribution in [2.45, 2.75) is 38.6 Å². The summed E-state index contributed by atoms with van der Waals surface area (Å²) >= 11 is 0. The molecule has 1 atom stereocenters. The third-order valence-corrected chi connectivity index (χ3v) is 5.97.